The molecule has 1 fully saturated rings. The Hall–Kier alpha value is -1.93. The van der Waals surface area contributed by atoms with Crippen LogP contribution in [0.25, 0.3) is 5.69 Å². The largest absolute Gasteiger partial charge is 0.518 e. The van der Waals surface area contributed by atoms with Crippen LogP contribution in [0.15, 0.2) is 24.5 Å². The molecule has 0 bridgehead atoms. The highest BCUT2D eigenvalue weighted by Gasteiger charge is 2.52. The number of hydrogen-bond donors (Lipinski definition) is 0. The predicted molar refractivity (Wildman–Crippen MR) is 81.4 cm³/mol. The molecule has 0 amide bonds. The van der Waals surface area contributed by atoms with Gasteiger partial charge in [0, 0.05) is 6.07 Å². The van der Waals surface area contributed by atoms with Gasteiger partial charge in [-0.05, 0) is 33.8 Å². The maximum absolute atomic E-state index is 5.96. The third-order valence-electron chi connectivity index (χ3n) is 4.20. The summed E-state index contributed by atoms with van der Waals surface area (Å²) < 4.78 is 18.6. The number of ether oxygens (including phenoxy) is 1. The van der Waals surface area contributed by atoms with E-state index in [4.69, 9.17) is 14.0 Å². The second kappa shape index (κ2) is 5.07. The summed E-state index contributed by atoms with van der Waals surface area (Å²) in [6.07, 6.45) is 3.45. The van der Waals surface area contributed by atoms with Crippen LogP contribution in [-0.2, 0) is 9.31 Å². The fourth-order valence-corrected chi connectivity index (χ4v) is 2.10. The van der Waals surface area contributed by atoms with Gasteiger partial charge < -0.3 is 14.0 Å². The molecule has 0 unspecified atom stereocenters. The van der Waals surface area contributed by atoms with Crippen LogP contribution < -0.4 is 10.3 Å². The molecule has 8 heteroatoms. The quantitative estimate of drug-likeness (QED) is 0.787. The van der Waals surface area contributed by atoms with Crippen molar-refractivity contribution < 1.29 is 14.0 Å². The van der Waals surface area contributed by atoms with Crippen LogP contribution in [0.5, 0.6) is 5.88 Å². The van der Waals surface area contributed by atoms with Gasteiger partial charge in [-0.3, -0.25) is 0 Å². The van der Waals surface area contributed by atoms with Gasteiger partial charge in [0.25, 0.3) is 0 Å². The van der Waals surface area contributed by atoms with Crippen molar-refractivity contribution in [1.29, 1.82) is 0 Å². The molecule has 1 aliphatic heterocycles. The number of nitrogens with zero attached hydrogens (tertiary/aromatic N) is 4. The number of pyridine rings is 1. The average Bonchev–Trinajstić information content (AvgIpc) is 3.03. The third-order valence-corrected chi connectivity index (χ3v) is 4.20. The maximum atomic E-state index is 5.96. The Bertz CT molecular complexity index is 653. The van der Waals surface area contributed by atoms with Crippen molar-refractivity contribution in [3.8, 4) is 11.6 Å². The van der Waals surface area contributed by atoms with Gasteiger partial charge in [0.15, 0.2) is 0 Å². The molecule has 3 rings (SSSR count). The molecule has 3 heterocycles. The first-order chi connectivity index (χ1) is 10.3. The lowest BCUT2D eigenvalue weighted by Crippen LogP contribution is -2.41. The van der Waals surface area contributed by atoms with Crippen molar-refractivity contribution in [2.75, 3.05) is 7.11 Å². The second-order valence-electron chi connectivity index (χ2n) is 6.23. The summed E-state index contributed by atoms with van der Waals surface area (Å²) in [6, 6.07) is 3.63. The molecule has 0 aliphatic carbocycles. The van der Waals surface area contributed by atoms with E-state index in [1.54, 1.807) is 30.3 Å². The second-order valence-corrected chi connectivity index (χ2v) is 6.23. The highest BCUT2D eigenvalue weighted by molar-refractivity contribution is 6.61. The van der Waals surface area contributed by atoms with Crippen molar-refractivity contribution >= 4 is 12.7 Å². The predicted octanol–water partition coefficient (Wildman–Crippen LogP) is 0.970. The molecule has 0 radical (unpaired) electrons. The van der Waals surface area contributed by atoms with E-state index in [2.05, 4.69) is 15.3 Å². The summed E-state index contributed by atoms with van der Waals surface area (Å²) in [5.74, 6) is 0.551. The molecule has 1 aliphatic rings. The summed E-state index contributed by atoms with van der Waals surface area (Å²) >= 11 is 0. The minimum absolute atomic E-state index is 0.400. The number of rotatable bonds is 3. The van der Waals surface area contributed by atoms with Crippen molar-refractivity contribution in [1.82, 2.24) is 20.0 Å². The van der Waals surface area contributed by atoms with Crippen LogP contribution in [0.2, 0.25) is 0 Å². The zero-order valence-corrected chi connectivity index (χ0v) is 13.4. The lowest BCUT2D eigenvalue weighted by molar-refractivity contribution is 0.00578. The Balaban J connectivity index is 1.82. The molecule has 0 atom stereocenters. The highest BCUT2D eigenvalue weighted by Crippen LogP contribution is 2.36. The number of hydrogen-bond acceptors (Lipinski definition) is 6. The number of aromatic nitrogens is 4. The Morgan fingerprint density at radius 2 is 1.82 bits per heavy atom. The van der Waals surface area contributed by atoms with Crippen molar-refractivity contribution in [2.45, 2.75) is 38.9 Å². The zero-order valence-electron chi connectivity index (χ0n) is 13.4. The van der Waals surface area contributed by atoms with E-state index in [1.165, 1.54) is 0 Å². The van der Waals surface area contributed by atoms with Gasteiger partial charge in [0.1, 0.15) is 5.59 Å². The Morgan fingerprint density at radius 1 is 1.14 bits per heavy atom. The van der Waals surface area contributed by atoms with E-state index in [0.717, 1.165) is 5.69 Å². The average molecular weight is 302 g/mol. The molecule has 0 saturated carbocycles. The normalized spacial score (nSPS) is 19.4. The lowest BCUT2D eigenvalue weighted by Gasteiger charge is -2.32. The molecule has 7 nitrogen and oxygen atoms in total. The molecule has 2 aromatic heterocycles. The molecule has 22 heavy (non-hydrogen) atoms. The van der Waals surface area contributed by atoms with Crippen LogP contribution in [0.3, 0.4) is 0 Å². The molecule has 0 spiro atoms. The van der Waals surface area contributed by atoms with E-state index in [-0.39, 0.29) is 0 Å². The van der Waals surface area contributed by atoms with Gasteiger partial charge in [0.05, 0.1) is 36.4 Å². The summed E-state index contributed by atoms with van der Waals surface area (Å²) in [7, 11) is 1.05. The molecule has 2 aromatic rings. The molecule has 116 valence electrons. The molecule has 0 aromatic carbocycles. The smallest absolute Gasteiger partial charge is 0.481 e. The fourth-order valence-electron chi connectivity index (χ4n) is 2.10. The lowest BCUT2D eigenvalue weighted by atomic mass is 9.86. The zero-order chi connectivity index (χ0) is 16.0. The van der Waals surface area contributed by atoms with Crippen molar-refractivity contribution in [3.63, 3.8) is 0 Å². The van der Waals surface area contributed by atoms with Crippen LogP contribution >= 0.6 is 0 Å². The van der Waals surface area contributed by atoms with Gasteiger partial charge in [-0.2, -0.15) is 0 Å². The number of methoxy groups -OCH3 is 1. The summed E-state index contributed by atoms with van der Waals surface area (Å²) in [4.78, 5) is 4.15. The fraction of sp³-hybridized carbons (Fsp3) is 0.500. The van der Waals surface area contributed by atoms with Gasteiger partial charge in [0.2, 0.25) is 5.88 Å². The van der Waals surface area contributed by atoms with Crippen LogP contribution in [0.1, 0.15) is 27.7 Å². The van der Waals surface area contributed by atoms with Crippen LogP contribution in [-0.4, -0.2) is 45.4 Å². The Morgan fingerprint density at radius 3 is 2.36 bits per heavy atom. The van der Waals surface area contributed by atoms with Gasteiger partial charge in [-0.15, -0.1) is 5.10 Å². The van der Waals surface area contributed by atoms with Crippen molar-refractivity contribution in [2.24, 2.45) is 0 Å². The highest BCUT2D eigenvalue weighted by atomic mass is 16.7. The topological polar surface area (TPSA) is 71.3 Å². The molecular formula is C14H19BN4O3. The van der Waals surface area contributed by atoms with E-state index in [0.29, 0.717) is 11.5 Å². The first kappa shape index (κ1) is 15.0. The van der Waals surface area contributed by atoms with E-state index in [1.807, 2.05) is 33.8 Å². The Kier molecular flexibility index (Phi) is 3.45. The Labute approximate surface area is 129 Å². The molecule has 1 saturated heterocycles. The first-order valence-corrected chi connectivity index (χ1v) is 7.11. The van der Waals surface area contributed by atoms with Gasteiger partial charge >= 0.3 is 7.12 Å². The molecular weight excluding hydrogens is 283 g/mol. The first-order valence-electron chi connectivity index (χ1n) is 7.11. The van der Waals surface area contributed by atoms with Gasteiger partial charge in [-0.25, -0.2) is 9.67 Å². The standard InChI is InChI=1S/C14H19BN4O3/c1-13(2)14(3,4)22-15(21-13)11-9-19(18-17-11)10-6-7-12(20-5)16-8-10/h6-9H,1-5H3. The summed E-state index contributed by atoms with van der Waals surface area (Å²) in [6.45, 7) is 8.02. The van der Waals surface area contributed by atoms with E-state index >= 15 is 0 Å². The monoisotopic (exact) mass is 302 g/mol. The van der Waals surface area contributed by atoms with Crippen LogP contribution in [0.4, 0.5) is 0 Å². The minimum Gasteiger partial charge on any atom is -0.481 e. The maximum Gasteiger partial charge on any atom is 0.518 e. The summed E-state index contributed by atoms with van der Waals surface area (Å²) in [5, 5.41) is 8.26. The van der Waals surface area contributed by atoms with Crippen LogP contribution in [0, 0.1) is 0 Å². The van der Waals surface area contributed by atoms with E-state index in [9.17, 15) is 0 Å². The van der Waals surface area contributed by atoms with Crippen molar-refractivity contribution in [3.05, 3.63) is 24.5 Å². The molecule has 0 N–H and O–H groups in total. The minimum atomic E-state index is -0.523. The third kappa shape index (κ3) is 2.48. The van der Waals surface area contributed by atoms with Gasteiger partial charge in [-0.1, -0.05) is 5.21 Å². The summed E-state index contributed by atoms with van der Waals surface area (Å²) in [5.41, 5.74) is 0.622. The SMILES string of the molecule is COc1ccc(-n2cc(B3OC(C)(C)C(C)(C)O3)nn2)cn1. The van der Waals surface area contributed by atoms with E-state index < -0.39 is 18.3 Å².